The molecular weight excluding hydrogens is 483 g/mol. The fourth-order valence-electron chi connectivity index (χ4n) is 3.07. The highest BCUT2D eigenvalue weighted by Gasteiger charge is 2.12. The van der Waals surface area contributed by atoms with E-state index >= 15 is 0 Å². The monoisotopic (exact) mass is 496 g/mol. The van der Waals surface area contributed by atoms with Gasteiger partial charge in [-0.15, -0.1) is 0 Å². The zero-order valence-corrected chi connectivity index (χ0v) is 19.2. The van der Waals surface area contributed by atoms with Crippen LogP contribution in [0, 0.1) is 11.3 Å². The minimum Gasteiger partial charge on any atom is -0.483 e. The van der Waals surface area contributed by atoms with Crippen LogP contribution in [0.25, 0.3) is 22.7 Å². The molecule has 0 radical (unpaired) electrons. The van der Waals surface area contributed by atoms with Gasteiger partial charge < -0.3 is 15.0 Å². The van der Waals surface area contributed by atoms with E-state index in [9.17, 15) is 10.1 Å². The zero-order chi connectivity index (χ0) is 23.4. The lowest BCUT2D eigenvalue weighted by molar-refractivity contribution is -0.118. The molecule has 0 aliphatic rings. The summed E-state index contributed by atoms with van der Waals surface area (Å²) in [5, 5.41) is 13.6. The Balaban J connectivity index is 1.54. The number of nitrogens with one attached hydrogen (secondary N) is 2. The van der Waals surface area contributed by atoms with Crippen molar-refractivity contribution in [1.82, 2.24) is 9.97 Å². The maximum atomic E-state index is 12.3. The predicted molar refractivity (Wildman–Crippen MR) is 132 cm³/mol. The second-order valence-corrected chi connectivity index (χ2v) is 8.17. The Morgan fingerprint density at radius 2 is 1.91 bits per heavy atom. The molecule has 0 atom stereocenters. The molecule has 1 heterocycles. The van der Waals surface area contributed by atoms with Gasteiger partial charge in [-0.3, -0.25) is 4.79 Å². The summed E-state index contributed by atoms with van der Waals surface area (Å²) in [4.78, 5) is 19.9. The molecule has 4 aromatic rings. The van der Waals surface area contributed by atoms with Crippen molar-refractivity contribution in [3.63, 3.8) is 0 Å². The van der Waals surface area contributed by atoms with Crippen molar-refractivity contribution >= 4 is 69.1 Å². The number of aromatic nitrogens is 2. The number of carbonyl (C=O) groups excluding carboxylic acids is 1. The number of amides is 1. The highest BCUT2D eigenvalue weighted by atomic mass is 35.5. The standard InChI is InChI=1S/C24H15Cl3N4O2/c25-16-5-8-22(33-13-23(32)29-17-6-7-18(26)19(27)11-17)14(10-16)9-15(12-28)24-30-20-3-1-2-4-21(20)31-24/h1-11H,13H2,(H,29,32)(H,30,31). The first-order valence-electron chi connectivity index (χ1n) is 9.67. The number of nitrogens with zero attached hydrogens (tertiary/aromatic N) is 2. The molecule has 0 saturated heterocycles. The first kappa shape index (κ1) is 22.7. The number of anilines is 1. The van der Waals surface area contributed by atoms with Crippen LogP contribution in [0.15, 0.2) is 60.7 Å². The molecule has 3 aromatic carbocycles. The van der Waals surface area contributed by atoms with Gasteiger partial charge in [0.2, 0.25) is 0 Å². The average Bonchev–Trinajstić information content (AvgIpc) is 3.23. The van der Waals surface area contributed by atoms with E-state index in [2.05, 4.69) is 21.4 Å². The molecule has 9 heteroatoms. The highest BCUT2D eigenvalue weighted by molar-refractivity contribution is 6.42. The second-order valence-electron chi connectivity index (χ2n) is 6.92. The fraction of sp³-hybridized carbons (Fsp3) is 0.0417. The molecule has 33 heavy (non-hydrogen) atoms. The number of hydrogen-bond acceptors (Lipinski definition) is 4. The van der Waals surface area contributed by atoms with E-state index in [0.29, 0.717) is 43.5 Å². The Kier molecular flexibility index (Phi) is 6.85. The van der Waals surface area contributed by atoms with E-state index in [1.807, 2.05) is 24.3 Å². The third-order valence-electron chi connectivity index (χ3n) is 4.60. The molecule has 0 unspecified atom stereocenters. The molecule has 1 amide bonds. The van der Waals surface area contributed by atoms with Gasteiger partial charge >= 0.3 is 0 Å². The highest BCUT2D eigenvalue weighted by Crippen LogP contribution is 2.28. The molecule has 0 aliphatic carbocycles. The first-order valence-corrected chi connectivity index (χ1v) is 10.8. The fourth-order valence-corrected chi connectivity index (χ4v) is 3.55. The number of fused-ring (bicyclic) bond motifs is 1. The quantitative estimate of drug-likeness (QED) is 0.293. The summed E-state index contributed by atoms with van der Waals surface area (Å²) in [5.74, 6) is 0.408. The van der Waals surface area contributed by atoms with E-state index < -0.39 is 5.91 Å². The third-order valence-corrected chi connectivity index (χ3v) is 5.57. The summed E-state index contributed by atoms with van der Waals surface area (Å²) in [5.41, 5.74) is 2.87. The molecule has 164 valence electrons. The van der Waals surface area contributed by atoms with Crippen molar-refractivity contribution < 1.29 is 9.53 Å². The van der Waals surface area contributed by atoms with Gasteiger partial charge in [-0.1, -0.05) is 46.9 Å². The van der Waals surface area contributed by atoms with Gasteiger partial charge in [-0.25, -0.2) is 4.98 Å². The molecule has 1 aromatic heterocycles. The predicted octanol–water partition coefficient (Wildman–Crippen LogP) is 6.60. The van der Waals surface area contributed by atoms with Crippen LogP contribution in [0.1, 0.15) is 11.4 Å². The smallest absolute Gasteiger partial charge is 0.262 e. The van der Waals surface area contributed by atoms with Crippen LogP contribution in [-0.2, 0) is 4.79 Å². The maximum absolute atomic E-state index is 12.3. The Hall–Kier alpha value is -3.50. The van der Waals surface area contributed by atoms with E-state index in [0.717, 1.165) is 11.0 Å². The van der Waals surface area contributed by atoms with Crippen LogP contribution < -0.4 is 10.1 Å². The van der Waals surface area contributed by atoms with E-state index in [1.165, 1.54) is 0 Å². The molecule has 6 nitrogen and oxygen atoms in total. The number of hydrogen-bond donors (Lipinski definition) is 2. The van der Waals surface area contributed by atoms with Crippen LogP contribution in [0.5, 0.6) is 5.75 Å². The van der Waals surface area contributed by atoms with Crippen molar-refractivity contribution in [1.29, 1.82) is 5.26 Å². The summed E-state index contributed by atoms with van der Waals surface area (Å²) in [6, 6.07) is 19.3. The summed E-state index contributed by atoms with van der Waals surface area (Å²) >= 11 is 18.0. The molecular formula is C24H15Cl3N4O2. The normalized spacial score (nSPS) is 11.3. The number of benzene rings is 3. The lowest BCUT2D eigenvalue weighted by atomic mass is 10.1. The second kappa shape index (κ2) is 9.97. The van der Waals surface area contributed by atoms with Crippen molar-refractivity contribution in [3.05, 3.63) is 87.1 Å². The Labute approximate surface area is 204 Å². The Bertz CT molecular complexity index is 1390. The van der Waals surface area contributed by atoms with E-state index in [4.69, 9.17) is 39.5 Å². The van der Waals surface area contributed by atoms with Crippen LogP contribution in [0.2, 0.25) is 15.1 Å². The number of H-pyrrole nitrogens is 1. The average molecular weight is 498 g/mol. The number of ether oxygens (including phenoxy) is 1. The summed E-state index contributed by atoms with van der Waals surface area (Å²) in [6.45, 7) is -0.269. The summed E-state index contributed by atoms with van der Waals surface area (Å²) < 4.78 is 5.71. The van der Waals surface area contributed by atoms with Gasteiger partial charge in [-0.05, 0) is 54.6 Å². The first-order chi connectivity index (χ1) is 15.9. The van der Waals surface area contributed by atoms with Crippen LogP contribution in [0.4, 0.5) is 5.69 Å². The number of imidazole rings is 1. The van der Waals surface area contributed by atoms with Gasteiger partial charge in [0, 0.05) is 16.3 Å². The number of allylic oxidation sites excluding steroid dienone is 1. The van der Waals surface area contributed by atoms with Gasteiger partial charge in [0.1, 0.15) is 17.6 Å². The van der Waals surface area contributed by atoms with Crippen molar-refractivity contribution in [3.8, 4) is 11.8 Å². The zero-order valence-electron chi connectivity index (χ0n) is 16.9. The number of aromatic amines is 1. The van der Waals surface area contributed by atoms with Crippen molar-refractivity contribution in [2.45, 2.75) is 0 Å². The lowest BCUT2D eigenvalue weighted by Gasteiger charge is -2.11. The Morgan fingerprint density at radius 1 is 1.09 bits per heavy atom. The van der Waals surface area contributed by atoms with Crippen molar-refractivity contribution in [2.75, 3.05) is 11.9 Å². The topological polar surface area (TPSA) is 90.8 Å². The van der Waals surface area contributed by atoms with Gasteiger partial charge in [0.15, 0.2) is 6.61 Å². The number of carbonyl (C=O) groups is 1. The lowest BCUT2D eigenvalue weighted by Crippen LogP contribution is -2.20. The molecule has 4 rings (SSSR count). The summed E-state index contributed by atoms with van der Waals surface area (Å²) in [7, 11) is 0. The number of nitriles is 1. The molecule has 0 saturated carbocycles. The Morgan fingerprint density at radius 3 is 2.67 bits per heavy atom. The largest absolute Gasteiger partial charge is 0.483 e. The minimum absolute atomic E-state index is 0.269. The molecule has 0 fully saturated rings. The number of halogens is 3. The van der Waals surface area contributed by atoms with Gasteiger partial charge in [0.25, 0.3) is 5.91 Å². The molecule has 2 N–H and O–H groups in total. The maximum Gasteiger partial charge on any atom is 0.262 e. The van der Waals surface area contributed by atoms with Crippen LogP contribution in [-0.4, -0.2) is 22.5 Å². The van der Waals surface area contributed by atoms with Crippen LogP contribution >= 0.6 is 34.8 Å². The van der Waals surface area contributed by atoms with Gasteiger partial charge in [0.05, 0.1) is 26.7 Å². The van der Waals surface area contributed by atoms with Crippen LogP contribution in [0.3, 0.4) is 0 Å². The van der Waals surface area contributed by atoms with E-state index in [1.54, 1.807) is 42.5 Å². The number of para-hydroxylation sites is 2. The van der Waals surface area contributed by atoms with Crippen molar-refractivity contribution in [2.24, 2.45) is 0 Å². The summed E-state index contributed by atoms with van der Waals surface area (Å²) in [6.07, 6.45) is 1.61. The SMILES string of the molecule is N#CC(=Cc1cc(Cl)ccc1OCC(=O)Nc1ccc(Cl)c(Cl)c1)c1nc2ccccc2[nH]1. The minimum atomic E-state index is -0.393. The molecule has 0 bridgehead atoms. The molecule has 0 spiro atoms. The third kappa shape index (κ3) is 5.47. The van der Waals surface area contributed by atoms with E-state index in [-0.39, 0.29) is 6.61 Å². The molecule has 0 aliphatic heterocycles. The number of rotatable bonds is 6. The van der Waals surface area contributed by atoms with Gasteiger partial charge in [-0.2, -0.15) is 5.26 Å².